The van der Waals surface area contributed by atoms with Crippen LogP contribution in [-0.4, -0.2) is 16.1 Å². The van der Waals surface area contributed by atoms with Gasteiger partial charge in [-0.1, -0.05) is 25.3 Å². The molecule has 1 aliphatic rings. The highest BCUT2D eigenvalue weighted by molar-refractivity contribution is 5.29. The van der Waals surface area contributed by atoms with Crippen molar-refractivity contribution in [3.8, 4) is 0 Å². The Kier molecular flexibility index (Phi) is 3.65. The van der Waals surface area contributed by atoms with Crippen LogP contribution in [0.3, 0.4) is 0 Å². The maximum Gasteiger partial charge on any atom is 0.203 e. The van der Waals surface area contributed by atoms with E-state index in [4.69, 9.17) is 0 Å². The van der Waals surface area contributed by atoms with Gasteiger partial charge in [-0.25, -0.2) is 4.98 Å². The lowest BCUT2D eigenvalue weighted by Crippen LogP contribution is -2.15. The SMILES string of the molecule is C=CCNc1nc(C)cn1CCC1CCC1. The Labute approximate surface area is 97.6 Å². The molecule has 1 heterocycles. The van der Waals surface area contributed by atoms with E-state index in [0.29, 0.717) is 0 Å². The van der Waals surface area contributed by atoms with Crippen molar-refractivity contribution in [3.05, 3.63) is 24.5 Å². The second-order valence-corrected chi connectivity index (χ2v) is 4.65. The fourth-order valence-corrected chi connectivity index (χ4v) is 2.12. The van der Waals surface area contributed by atoms with Gasteiger partial charge in [0, 0.05) is 19.3 Å². The van der Waals surface area contributed by atoms with Crippen LogP contribution in [0.25, 0.3) is 0 Å². The zero-order valence-electron chi connectivity index (χ0n) is 10.1. The zero-order chi connectivity index (χ0) is 11.4. The van der Waals surface area contributed by atoms with Crippen LogP contribution in [0.15, 0.2) is 18.9 Å². The molecule has 2 rings (SSSR count). The highest BCUT2D eigenvalue weighted by atomic mass is 15.2. The summed E-state index contributed by atoms with van der Waals surface area (Å²) in [5.74, 6) is 1.94. The van der Waals surface area contributed by atoms with Crippen LogP contribution in [0.4, 0.5) is 5.95 Å². The number of hydrogen-bond donors (Lipinski definition) is 1. The summed E-state index contributed by atoms with van der Waals surface area (Å²) in [5, 5.41) is 3.28. The van der Waals surface area contributed by atoms with Gasteiger partial charge < -0.3 is 9.88 Å². The van der Waals surface area contributed by atoms with Crippen molar-refractivity contribution in [1.82, 2.24) is 9.55 Å². The molecule has 0 amide bonds. The molecule has 1 saturated carbocycles. The molecule has 0 aliphatic heterocycles. The Morgan fingerprint density at radius 1 is 1.62 bits per heavy atom. The second kappa shape index (κ2) is 5.19. The Bertz CT molecular complexity index is 350. The third-order valence-corrected chi connectivity index (χ3v) is 3.30. The van der Waals surface area contributed by atoms with Gasteiger partial charge in [-0.05, 0) is 19.3 Å². The summed E-state index contributed by atoms with van der Waals surface area (Å²) < 4.78 is 2.23. The maximum atomic E-state index is 4.47. The van der Waals surface area contributed by atoms with Crippen molar-refractivity contribution >= 4 is 5.95 Å². The van der Waals surface area contributed by atoms with Gasteiger partial charge in [0.25, 0.3) is 0 Å². The van der Waals surface area contributed by atoms with Crippen LogP contribution in [0.1, 0.15) is 31.4 Å². The number of hydrogen-bond acceptors (Lipinski definition) is 2. The quantitative estimate of drug-likeness (QED) is 0.745. The Hall–Kier alpha value is -1.25. The molecule has 1 N–H and O–H groups in total. The van der Waals surface area contributed by atoms with Gasteiger partial charge in [-0.15, -0.1) is 6.58 Å². The minimum Gasteiger partial charge on any atom is -0.352 e. The smallest absolute Gasteiger partial charge is 0.203 e. The van der Waals surface area contributed by atoms with Gasteiger partial charge in [0.1, 0.15) is 0 Å². The number of anilines is 1. The molecular weight excluding hydrogens is 198 g/mol. The lowest BCUT2D eigenvalue weighted by molar-refractivity contribution is 0.283. The fourth-order valence-electron chi connectivity index (χ4n) is 2.12. The molecule has 16 heavy (non-hydrogen) atoms. The average Bonchev–Trinajstić information content (AvgIpc) is 2.54. The van der Waals surface area contributed by atoms with Crippen LogP contribution in [0, 0.1) is 12.8 Å². The van der Waals surface area contributed by atoms with E-state index < -0.39 is 0 Å². The predicted molar refractivity (Wildman–Crippen MR) is 67.6 cm³/mol. The Balaban J connectivity index is 1.91. The molecule has 1 fully saturated rings. The highest BCUT2D eigenvalue weighted by Crippen LogP contribution is 2.30. The molecule has 0 atom stereocenters. The van der Waals surface area contributed by atoms with Crippen molar-refractivity contribution in [2.45, 2.75) is 39.2 Å². The summed E-state index contributed by atoms with van der Waals surface area (Å²) in [6.07, 6.45) is 9.55. The minimum atomic E-state index is 0.778. The van der Waals surface area contributed by atoms with Gasteiger partial charge >= 0.3 is 0 Å². The van der Waals surface area contributed by atoms with E-state index >= 15 is 0 Å². The molecule has 1 aliphatic carbocycles. The van der Waals surface area contributed by atoms with E-state index in [1.165, 1.54) is 25.7 Å². The predicted octanol–water partition coefficient (Wildman–Crippen LogP) is 2.98. The first-order chi connectivity index (χ1) is 7.79. The average molecular weight is 219 g/mol. The second-order valence-electron chi connectivity index (χ2n) is 4.65. The van der Waals surface area contributed by atoms with E-state index in [9.17, 15) is 0 Å². The van der Waals surface area contributed by atoms with E-state index in [-0.39, 0.29) is 0 Å². The first kappa shape index (κ1) is 11.2. The molecule has 0 aromatic carbocycles. The van der Waals surface area contributed by atoms with E-state index in [1.807, 2.05) is 13.0 Å². The molecular formula is C13H21N3. The summed E-state index contributed by atoms with van der Waals surface area (Å²) in [5.41, 5.74) is 1.08. The topological polar surface area (TPSA) is 29.9 Å². The number of nitrogens with zero attached hydrogens (tertiary/aromatic N) is 2. The number of rotatable bonds is 6. The normalized spacial score (nSPS) is 15.8. The molecule has 1 aromatic heterocycles. The molecule has 3 nitrogen and oxygen atoms in total. The largest absolute Gasteiger partial charge is 0.352 e. The molecule has 0 bridgehead atoms. The Morgan fingerprint density at radius 3 is 3.06 bits per heavy atom. The third kappa shape index (κ3) is 2.65. The highest BCUT2D eigenvalue weighted by Gasteiger charge is 2.17. The van der Waals surface area contributed by atoms with Gasteiger partial charge in [0.05, 0.1) is 5.69 Å². The fraction of sp³-hybridized carbons (Fsp3) is 0.615. The standard InChI is InChI=1S/C13H21N3/c1-3-8-14-13-15-11(2)10-16(13)9-7-12-5-4-6-12/h3,10,12H,1,4-9H2,2H3,(H,14,15). The molecule has 0 spiro atoms. The van der Waals surface area contributed by atoms with Crippen LogP contribution < -0.4 is 5.32 Å². The van der Waals surface area contributed by atoms with Gasteiger partial charge in [-0.2, -0.15) is 0 Å². The zero-order valence-corrected chi connectivity index (χ0v) is 10.1. The van der Waals surface area contributed by atoms with Crippen LogP contribution in [0.5, 0.6) is 0 Å². The van der Waals surface area contributed by atoms with E-state index in [0.717, 1.165) is 30.6 Å². The van der Waals surface area contributed by atoms with Crippen molar-refractivity contribution in [1.29, 1.82) is 0 Å². The number of imidazole rings is 1. The number of nitrogens with one attached hydrogen (secondary N) is 1. The summed E-state index contributed by atoms with van der Waals surface area (Å²) in [7, 11) is 0. The summed E-state index contributed by atoms with van der Waals surface area (Å²) >= 11 is 0. The van der Waals surface area contributed by atoms with Crippen molar-refractivity contribution < 1.29 is 0 Å². The monoisotopic (exact) mass is 219 g/mol. The van der Waals surface area contributed by atoms with Crippen molar-refractivity contribution in [2.24, 2.45) is 5.92 Å². The number of aromatic nitrogens is 2. The van der Waals surface area contributed by atoms with Crippen LogP contribution in [0.2, 0.25) is 0 Å². The van der Waals surface area contributed by atoms with Crippen molar-refractivity contribution in [3.63, 3.8) is 0 Å². The number of aryl methyl sites for hydroxylation is 2. The molecule has 0 unspecified atom stereocenters. The summed E-state index contributed by atoms with van der Waals surface area (Å²) in [6, 6.07) is 0. The summed E-state index contributed by atoms with van der Waals surface area (Å²) in [6.45, 7) is 7.62. The maximum absolute atomic E-state index is 4.47. The molecule has 1 aromatic rings. The van der Waals surface area contributed by atoms with Crippen LogP contribution in [-0.2, 0) is 6.54 Å². The molecule has 88 valence electrons. The lowest BCUT2D eigenvalue weighted by Gasteiger charge is -2.25. The van der Waals surface area contributed by atoms with Crippen LogP contribution >= 0.6 is 0 Å². The first-order valence-corrected chi connectivity index (χ1v) is 6.18. The summed E-state index contributed by atoms with van der Waals surface area (Å²) in [4.78, 5) is 4.47. The van der Waals surface area contributed by atoms with Gasteiger partial charge in [-0.3, -0.25) is 0 Å². The minimum absolute atomic E-state index is 0.778. The van der Waals surface area contributed by atoms with E-state index in [2.05, 4.69) is 27.6 Å². The van der Waals surface area contributed by atoms with Gasteiger partial charge in [0.2, 0.25) is 5.95 Å². The van der Waals surface area contributed by atoms with Gasteiger partial charge in [0.15, 0.2) is 0 Å². The van der Waals surface area contributed by atoms with Crippen molar-refractivity contribution in [2.75, 3.05) is 11.9 Å². The third-order valence-electron chi connectivity index (χ3n) is 3.30. The lowest BCUT2D eigenvalue weighted by atomic mass is 9.83. The first-order valence-electron chi connectivity index (χ1n) is 6.18. The Morgan fingerprint density at radius 2 is 2.44 bits per heavy atom. The molecule has 0 saturated heterocycles. The molecule has 3 heteroatoms. The van der Waals surface area contributed by atoms with E-state index in [1.54, 1.807) is 0 Å². The molecule has 0 radical (unpaired) electrons.